The fourth-order valence-corrected chi connectivity index (χ4v) is 2.92. The van der Waals surface area contributed by atoms with Gasteiger partial charge in [0.15, 0.2) is 21.3 Å². The molecule has 5 nitrogen and oxygen atoms in total. The monoisotopic (exact) mass is 365 g/mol. The third-order valence-electron chi connectivity index (χ3n) is 2.86. The summed E-state index contributed by atoms with van der Waals surface area (Å²) in [6.07, 6.45) is 0. The number of methoxy groups -OCH3 is 1. The maximum absolute atomic E-state index is 11.7. The molecule has 0 aliphatic rings. The summed E-state index contributed by atoms with van der Waals surface area (Å²) in [6.45, 7) is 3.78. The Balaban J connectivity index is 2.83. The van der Waals surface area contributed by atoms with E-state index in [0.717, 1.165) is 5.56 Å². The summed E-state index contributed by atoms with van der Waals surface area (Å²) in [7, 11) is -1.59. The minimum absolute atomic E-state index is 0.0289. The van der Waals surface area contributed by atoms with Crippen molar-refractivity contribution in [2.45, 2.75) is 25.6 Å². The van der Waals surface area contributed by atoms with Crippen molar-refractivity contribution in [1.82, 2.24) is 0 Å². The van der Waals surface area contributed by atoms with Crippen LogP contribution in [0.2, 0.25) is 0 Å². The Labute approximate surface area is 128 Å². The van der Waals surface area contributed by atoms with Crippen molar-refractivity contribution in [3.8, 4) is 11.5 Å². The van der Waals surface area contributed by atoms with E-state index in [9.17, 15) is 8.42 Å². The zero-order chi connectivity index (χ0) is 15.3. The minimum Gasteiger partial charge on any atom is -0.493 e. The van der Waals surface area contributed by atoms with Crippen LogP contribution >= 0.6 is 15.9 Å². The van der Waals surface area contributed by atoms with Gasteiger partial charge in [-0.15, -0.1) is 0 Å². The predicted molar refractivity (Wildman–Crippen MR) is 83.0 cm³/mol. The number of hydrogen-bond acceptors (Lipinski definition) is 5. The van der Waals surface area contributed by atoms with E-state index in [1.54, 1.807) is 19.9 Å². The van der Waals surface area contributed by atoms with Crippen LogP contribution in [0.4, 0.5) is 0 Å². The Morgan fingerprint density at radius 2 is 2.00 bits per heavy atom. The smallest absolute Gasteiger partial charge is 0.175 e. The zero-order valence-corrected chi connectivity index (χ0v) is 14.3. The molecule has 2 N–H and O–H groups in total. The average Bonchev–Trinajstić information content (AvgIpc) is 2.39. The zero-order valence-electron chi connectivity index (χ0n) is 11.8. The van der Waals surface area contributed by atoms with E-state index in [0.29, 0.717) is 22.5 Å². The summed E-state index contributed by atoms with van der Waals surface area (Å²) in [5, 5.41) is -0.406. The molecule has 0 spiro atoms. The van der Waals surface area contributed by atoms with Crippen molar-refractivity contribution >= 4 is 25.8 Å². The van der Waals surface area contributed by atoms with Crippen molar-refractivity contribution < 1.29 is 17.9 Å². The molecule has 0 heterocycles. The van der Waals surface area contributed by atoms with Crippen LogP contribution < -0.4 is 15.2 Å². The van der Waals surface area contributed by atoms with Gasteiger partial charge in [0.2, 0.25) is 0 Å². The van der Waals surface area contributed by atoms with Crippen LogP contribution in [0.15, 0.2) is 16.6 Å². The second kappa shape index (κ2) is 7.28. The molecule has 0 saturated heterocycles. The molecular formula is C13H20BrNO4S. The largest absolute Gasteiger partial charge is 0.493 e. The van der Waals surface area contributed by atoms with Gasteiger partial charge in [-0.25, -0.2) is 8.42 Å². The number of ether oxygens (including phenoxy) is 2. The summed E-state index contributed by atoms with van der Waals surface area (Å²) >= 11 is 3.38. The highest BCUT2D eigenvalue weighted by Gasteiger charge is 2.17. The van der Waals surface area contributed by atoms with E-state index in [1.165, 1.54) is 7.11 Å². The molecule has 0 amide bonds. The number of sulfone groups is 1. The molecule has 0 aliphatic heterocycles. The molecule has 0 fully saturated rings. The Morgan fingerprint density at radius 3 is 2.50 bits per heavy atom. The number of benzene rings is 1. The lowest BCUT2D eigenvalue weighted by Crippen LogP contribution is -2.22. The topological polar surface area (TPSA) is 78.6 Å². The molecule has 1 aromatic carbocycles. The highest BCUT2D eigenvalue weighted by atomic mass is 79.9. The van der Waals surface area contributed by atoms with Crippen LogP contribution in [0.25, 0.3) is 0 Å². The standard InChI is InChI=1S/C13H20BrNO4S/c1-9(2)20(16,17)5-4-19-13-11(14)6-10(8-15)7-12(13)18-3/h6-7,9H,4-5,8,15H2,1-3H3. The summed E-state index contributed by atoms with van der Waals surface area (Å²) < 4.78 is 34.9. The SMILES string of the molecule is COc1cc(CN)cc(Br)c1OCCS(=O)(=O)C(C)C. The summed E-state index contributed by atoms with van der Waals surface area (Å²) in [4.78, 5) is 0. The molecule has 1 aromatic rings. The maximum Gasteiger partial charge on any atom is 0.175 e. The number of nitrogens with two attached hydrogens (primary N) is 1. The summed E-state index contributed by atoms with van der Waals surface area (Å²) in [5.41, 5.74) is 6.49. The molecule has 0 aromatic heterocycles. The quantitative estimate of drug-likeness (QED) is 0.800. The van der Waals surface area contributed by atoms with Gasteiger partial charge in [0, 0.05) is 6.54 Å². The van der Waals surface area contributed by atoms with Gasteiger partial charge in [-0.2, -0.15) is 0 Å². The molecule has 0 bridgehead atoms. The normalized spacial score (nSPS) is 11.7. The van der Waals surface area contributed by atoms with E-state index in [4.69, 9.17) is 15.2 Å². The summed E-state index contributed by atoms with van der Waals surface area (Å²) in [5.74, 6) is 0.990. The van der Waals surface area contributed by atoms with Gasteiger partial charge in [-0.1, -0.05) is 0 Å². The van der Waals surface area contributed by atoms with E-state index >= 15 is 0 Å². The first-order chi connectivity index (χ1) is 9.31. The van der Waals surface area contributed by atoms with Crippen molar-refractivity contribution in [2.24, 2.45) is 5.73 Å². The lowest BCUT2D eigenvalue weighted by molar-refractivity contribution is 0.309. The first-order valence-corrected chi connectivity index (χ1v) is 8.73. The van der Waals surface area contributed by atoms with Gasteiger partial charge < -0.3 is 15.2 Å². The fraction of sp³-hybridized carbons (Fsp3) is 0.538. The molecule has 0 atom stereocenters. The summed E-state index contributed by atoms with van der Waals surface area (Å²) in [6, 6.07) is 3.60. The molecular weight excluding hydrogens is 346 g/mol. The van der Waals surface area contributed by atoms with Crippen LogP contribution in [-0.4, -0.2) is 33.1 Å². The Kier molecular flexibility index (Phi) is 6.29. The molecule has 0 unspecified atom stereocenters. The van der Waals surface area contributed by atoms with Crippen LogP contribution in [0, 0.1) is 0 Å². The minimum atomic E-state index is -3.11. The lowest BCUT2D eigenvalue weighted by atomic mass is 10.2. The van der Waals surface area contributed by atoms with Crippen LogP contribution in [0.3, 0.4) is 0 Å². The Hall–Kier alpha value is -0.790. The van der Waals surface area contributed by atoms with E-state index in [-0.39, 0.29) is 12.4 Å². The third kappa shape index (κ3) is 4.36. The lowest BCUT2D eigenvalue weighted by Gasteiger charge is -2.14. The van der Waals surface area contributed by atoms with Gasteiger partial charge in [0.05, 0.1) is 22.6 Å². The van der Waals surface area contributed by atoms with Crippen LogP contribution in [0.5, 0.6) is 11.5 Å². The second-order valence-corrected chi connectivity index (χ2v) is 8.11. The van der Waals surface area contributed by atoms with E-state index in [1.807, 2.05) is 6.07 Å². The molecule has 114 valence electrons. The van der Waals surface area contributed by atoms with Crippen molar-refractivity contribution in [1.29, 1.82) is 0 Å². The maximum atomic E-state index is 11.7. The second-order valence-electron chi connectivity index (χ2n) is 4.58. The van der Waals surface area contributed by atoms with Crippen molar-refractivity contribution in [3.05, 3.63) is 22.2 Å². The van der Waals surface area contributed by atoms with E-state index in [2.05, 4.69) is 15.9 Å². The molecule has 0 saturated carbocycles. The number of hydrogen-bond donors (Lipinski definition) is 1. The molecule has 0 radical (unpaired) electrons. The van der Waals surface area contributed by atoms with Crippen molar-refractivity contribution in [3.63, 3.8) is 0 Å². The fourth-order valence-electron chi connectivity index (χ4n) is 1.53. The number of halogens is 1. The molecule has 0 aliphatic carbocycles. The van der Waals surface area contributed by atoms with Crippen molar-refractivity contribution in [2.75, 3.05) is 19.5 Å². The average molecular weight is 366 g/mol. The van der Waals surface area contributed by atoms with Crippen LogP contribution in [-0.2, 0) is 16.4 Å². The molecule has 7 heteroatoms. The predicted octanol–water partition coefficient (Wildman–Crippen LogP) is 2.12. The first-order valence-electron chi connectivity index (χ1n) is 6.22. The van der Waals surface area contributed by atoms with E-state index < -0.39 is 15.1 Å². The molecule has 1 rings (SSSR count). The van der Waals surface area contributed by atoms with Gasteiger partial charge in [-0.05, 0) is 47.5 Å². The van der Waals surface area contributed by atoms with Crippen LogP contribution in [0.1, 0.15) is 19.4 Å². The van der Waals surface area contributed by atoms with Gasteiger partial charge in [0.25, 0.3) is 0 Å². The first kappa shape index (κ1) is 17.3. The molecule has 20 heavy (non-hydrogen) atoms. The Morgan fingerprint density at radius 1 is 1.35 bits per heavy atom. The third-order valence-corrected chi connectivity index (χ3v) is 5.62. The van der Waals surface area contributed by atoms with Gasteiger partial charge >= 0.3 is 0 Å². The Bertz CT molecular complexity index is 558. The van der Waals surface area contributed by atoms with Gasteiger partial charge in [-0.3, -0.25) is 0 Å². The highest BCUT2D eigenvalue weighted by Crippen LogP contribution is 2.36. The van der Waals surface area contributed by atoms with Gasteiger partial charge in [0.1, 0.15) is 6.61 Å². The highest BCUT2D eigenvalue weighted by molar-refractivity contribution is 9.10. The number of rotatable bonds is 7.